The first kappa shape index (κ1) is 15.9. The number of carbonyl (C=O) groups is 1. The summed E-state index contributed by atoms with van der Waals surface area (Å²) in [5.74, 6) is 0.241. The third-order valence-electron chi connectivity index (χ3n) is 4.35. The summed E-state index contributed by atoms with van der Waals surface area (Å²) in [6, 6.07) is 0. The van der Waals surface area contributed by atoms with Gasteiger partial charge in [-0.3, -0.25) is 9.69 Å². The van der Waals surface area contributed by atoms with Crippen molar-refractivity contribution in [2.45, 2.75) is 38.6 Å². The van der Waals surface area contributed by atoms with Crippen LogP contribution in [-0.2, 0) is 22.5 Å². The van der Waals surface area contributed by atoms with E-state index in [0.29, 0.717) is 6.42 Å². The number of ether oxygens (including phenoxy) is 1. The molecule has 3 rings (SSSR count). The van der Waals surface area contributed by atoms with Crippen LogP contribution in [0.5, 0.6) is 0 Å². The van der Waals surface area contributed by atoms with Gasteiger partial charge >= 0.3 is 0 Å². The molecular formula is C16H25N3O2S. The average molecular weight is 323 g/mol. The van der Waals surface area contributed by atoms with E-state index in [-0.39, 0.29) is 5.91 Å². The first-order valence-electron chi connectivity index (χ1n) is 8.32. The molecule has 2 aliphatic heterocycles. The molecule has 0 aliphatic carbocycles. The Morgan fingerprint density at radius 3 is 2.59 bits per heavy atom. The zero-order valence-electron chi connectivity index (χ0n) is 13.1. The van der Waals surface area contributed by atoms with Gasteiger partial charge in [0.15, 0.2) is 0 Å². The van der Waals surface area contributed by atoms with Crippen LogP contribution in [0.25, 0.3) is 0 Å². The van der Waals surface area contributed by atoms with Crippen molar-refractivity contribution in [3.63, 3.8) is 0 Å². The largest absolute Gasteiger partial charge is 0.379 e. The molecule has 2 saturated heterocycles. The zero-order chi connectivity index (χ0) is 15.2. The van der Waals surface area contributed by atoms with E-state index in [9.17, 15) is 4.79 Å². The molecule has 1 aromatic rings. The van der Waals surface area contributed by atoms with Crippen molar-refractivity contribution < 1.29 is 9.53 Å². The van der Waals surface area contributed by atoms with Crippen molar-refractivity contribution in [3.05, 3.63) is 16.1 Å². The minimum atomic E-state index is 0.241. The molecule has 5 nitrogen and oxygen atoms in total. The number of amides is 1. The standard InChI is InChI=1S/C16H25N3O2S/c20-16(19-5-3-1-2-4-6-19)11-14-13-22-15(17-14)12-18-7-9-21-10-8-18/h13H,1-12H2. The molecule has 2 aliphatic rings. The van der Waals surface area contributed by atoms with Crippen molar-refractivity contribution in [2.75, 3.05) is 39.4 Å². The summed E-state index contributed by atoms with van der Waals surface area (Å²) in [4.78, 5) is 21.4. The first-order chi connectivity index (χ1) is 10.8. The summed E-state index contributed by atoms with van der Waals surface area (Å²) < 4.78 is 5.36. The summed E-state index contributed by atoms with van der Waals surface area (Å²) in [5, 5.41) is 3.16. The number of carbonyl (C=O) groups excluding carboxylic acids is 1. The summed E-state index contributed by atoms with van der Waals surface area (Å²) in [5.41, 5.74) is 0.933. The number of thiazole rings is 1. The molecule has 0 atom stereocenters. The Balaban J connectivity index is 1.51. The summed E-state index contributed by atoms with van der Waals surface area (Å²) in [6.07, 6.45) is 5.25. The lowest BCUT2D eigenvalue weighted by Gasteiger charge is -2.25. The summed E-state index contributed by atoms with van der Waals surface area (Å²) in [7, 11) is 0. The fourth-order valence-corrected chi connectivity index (χ4v) is 3.88. The minimum Gasteiger partial charge on any atom is -0.379 e. The second-order valence-corrected chi connectivity index (χ2v) is 7.04. The van der Waals surface area contributed by atoms with Crippen LogP contribution in [0.4, 0.5) is 0 Å². The van der Waals surface area contributed by atoms with Crippen molar-refractivity contribution in [2.24, 2.45) is 0 Å². The fraction of sp³-hybridized carbons (Fsp3) is 0.750. The average Bonchev–Trinajstić information content (AvgIpc) is 2.80. The maximum atomic E-state index is 12.4. The smallest absolute Gasteiger partial charge is 0.228 e. The zero-order valence-corrected chi connectivity index (χ0v) is 13.9. The molecule has 0 radical (unpaired) electrons. The van der Waals surface area contributed by atoms with Crippen LogP contribution in [0.1, 0.15) is 36.4 Å². The lowest BCUT2D eigenvalue weighted by atomic mass is 10.2. The summed E-state index contributed by atoms with van der Waals surface area (Å²) >= 11 is 1.67. The number of nitrogens with zero attached hydrogens (tertiary/aromatic N) is 3. The van der Waals surface area contributed by atoms with Gasteiger partial charge in [-0.25, -0.2) is 4.98 Å². The number of rotatable bonds is 4. The molecule has 0 spiro atoms. The highest BCUT2D eigenvalue weighted by molar-refractivity contribution is 7.09. The number of morpholine rings is 1. The molecule has 6 heteroatoms. The normalized spacial score (nSPS) is 20.8. The predicted molar refractivity (Wildman–Crippen MR) is 87.0 cm³/mol. The number of likely N-dealkylation sites (tertiary alicyclic amines) is 1. The SMILES string of the molecule is O=C(Cc1csc(CN2CCOCC2)n1)N1CCCCCC1. The highest BCUT2D eigenvalue weighted by atomic mass is 32.1. The number of hydrogen-bond donors (Lipinski definition) is 0. The fourth-order valence-electron chi connectivity index (χ4n) is 3.04. The van der Waals surface area contributed by atoms with Gasteiger partial charge < -0.3 is 9.64 Å². The molecule has 1 amide bonds. The van der Waals surface area contributed by atoms with Gasteiger partial charge in [0.25, 0.3) is 0 Å². The molecule has 0 aromatic carbocycles. The van der Waals surface area contributed by atoms with E-state index in [2.05, 4.69) is 9.88 Å². The van der Waals surface area contributed by atoms with E-state index in [1.54, 1.807) is 11.3 Å². The molecule has 0 N–H and O–H groups in total. The van der Waals surface area contributed by atoms with Crippen LogP contribution in [0, 0.1) is 0 Å². The van der Waals surface area contributed by atoms with Crippen molar-refractivity contribution in [3.8, 4) is 0 Å². The molecule has 1 aromatic heterocycles. The van der Waals surface area contributed by atoms with Gasteiger partial charge in [0.1, 0.15) is 5.01 Å². The Labute approximate surface area is 136 Å². The Morgan fingerprint density at radius 1 is 1.14 bits per heavy atom. The van der Waals surface area contributed by atoms with E-state index < -0.39 is 0 Å². The van der Waals surface area contributed by atoms with Gasteiger partial charge in [-0.15, -0.1) is 11.3 Å². The summed E-state index contributed by atoms with van der Waals surface area (Å²) in [6.45, 7) is 6.29. The van der Waals surface area contributed by atoms with E-state index in [1.807, 2.05) is 10.3 Å². The van der Waals surface area contributed by atoms with E-state index in [4.69, 9.17) is 4.74 Å². The van der Waals surface area contributed by atoms with Crippen LogP contribution < -0.4 is 0 Å². The predicted octanol–water partition coefficient (Wildman–Crippen LogP) is 1.92. The molecular weight excluding hydrogens is 298 g/mol. The van der Waals surface area contributed by atoms with Crippen LogP contribution >= 0.6 is 11.3 Å². The van der Waals surface area contributed by atoms with Gasteiger partial charge in [0.2, 0.25) is 5.91 Å². The minimum absolute atomic E-state index is 0.241. The quantitative estimate of drug-likeness (QED) is 0.849. The Hall–Kier alpha value is -0.980. The van der Waals surface area contributed by atoms with Gasteiger partial charge in [-0.05, 0) is 12.8 Å². The topological polar surface area (TPSA) is 45.7 Å². The van der Waals surface area contributed by atoms with Crippen LogP contribution in [-0.4, -0.2) is 60.1 Å². The van der Waals surface area contributed by atoms with Gasteiger partial charge in [-0.1, -0.05) is 12.8 Å². The Morgan fingerprint density at radius 2 is 1.86 bits per heavy atom. The van der Waals surface area contributed by atoms with E-state index >= 15 is 0 Å². The number of aromatic nitrogens is 1. The van der Waals surface area contributed by atoms with Crippen LogP contribution in [0.3, 0.4) is 0 Å². The Kier molecular flexibility index (Phi) is 5.81. The first-order valence-corrected chi connectivity index (χ1v) is 9.20. The lowest BCUT2D eigenvalue weighted by molar-refractivity contribution is -0.130. The van der Waals surface area contributed by atoms with Crippen molar-refractivity contribution >= 4 is 17.2 Å². The van der Waals surface area contributed by atoms with E-state index in [0.717, 1.165) is 69.5 Å². The molecule has 122 valence electrons. The second-order valence-electron chi connectivity index (χ2n) is 6.09. The highest BCUT2D eigenvalue weighted by Crippen LogP contribution is 2.16. The van der Waals surface area contributed by atoms with Crippen LogP contribution in [0.2, 0.25) is 0 Å². The maximum absolute atomic E-state index is 12.4. The molecule has 0 unspecified atom stereocenters. The molecule has 2 fully saturated rings. The third-order valence-corrected chi connectivity index (χ3v) is 5.24. The highest BCUT2D eigenvalue weighted by Gasteiger charge is 2.18. The van der Waals surface area contributed by atoms with Crippen molar-refractivity contribution in [1.29, 1.82) is 0 Å². The van der Waals surface area contributed by atoms with Crippen LogP contribution in [0.15, 0.2) is 5.38 Å². The van der Waals surface area contributed by atoms with Gasteiger partial charge in [0, 0.05) is 31.6 Å². The molecule has 0 saturated carbocycles. The third kappa shape index (κ3) is 4.51. The monoisotopic (exact) mass is 323 g/mol. The van der Waals surface area contributed by atoms with Crippen molar-refractivity contribution in [1.82, 2.24) is 14.8 Å². The number of hydrogen-bond acceptors (Lipinski definition) is 5. The maximum Gasteiger partial charge on any atom is 0.228 e. The second kappa shape index (κ2) is 8.04. The molecule has 3 heterocycles. The lowest BCUT2D eigenvalue weighted by Crippen LogP contribution is -2.35. The Bertz CT molecular complexity index is 477. The molecule has 0 bridgehead atoms. The van der Waals surface area contributed by atoms with Gasteiger partial charge in [-0.2, -0.15) is 0 Å². The molecule has 22 heavy (non-hydrogen) atoms. The van der Waals surface area contributed by atoms with E-state index in [1.165, 1.54) is 12.8 Å². The van der Waals surface area contributed by atoms with Gasteiger partial charge in [0.05, 0.1) is 31.9 Å².